The normalized spacial score (nSPS) is 11.0. The highest BCUT2D eigenvalue weighted by Gasteiger charge is 2.15. The highest BCUT2D eigenvalue weighted by atomic mass is 79.9. The van der Waals surface area contributed by atoms with E-state index in [4.69, 9.17) is 8.83 Å². The van der Waals surface area contributed by atoms with Gasteiger partial charge in [-0.05, 0) is 36.4 Å². The lowest BCUT2D eigenvalue weighted by molar-refractivity contribution is 0.547. The molecule has 0 N–H and O–H groups in total. The Labute approximate surface area is 138 Å². The molecule has 2 heterocycles. The van der Waals surface area contributed by atoms with Gasteiger partial charge in [-0.2, -0.15) is 0 Å². The van der Waals surface area contributed by atoms with Crippen LogP contribution in [0.5, 0.6) is 0 Å². The Bertz CT molecular complexity index is 1050. The molecular formula is C17H9BrN2O3. The lowest BCUT2D eigenvalue weighted by Crippen LogP contribution is -2.02. The molecule has 0 fully saturated rings. The maximum atomic E-state index is 12.2. The maximum Gasteiger partial charge on any atom is 0.349 e. The molecule has 0 amide bonds. The van der Waals surface area contributed by atoms with Crippen LogP contribution >= 0.6 is 15.9 Å². The average Bonchev–Trinajstić information content (AvgIpc) is 3.05. The number of rotatable bonds is 2. The van der Waals surface area contributed by atoms with Gasteiger partial charge in [0.2, 0.25) is 5.89 Å². The molecule has 112 valence electrons. The molecule has 4 aromatic rings. The summed E-state index contributed by atoms with van der Waals surface area (Å²) in [6.07, 6.45) is 0. The zero-order chi connectivity index (χ0) is 15.8. The Hall–Kier alpha value is -2.73. The summed E-state index contributed by atoms with van der Waals surface area (Å²) in [6, 6.07) is 16.5. The lowest BCUT2D eigenvalue weighted by Gasteiger charge is -1.99. The summed E-state index contributed by atoms with van der Waals surface area (Å²) in [7, 11) is 0. The van der Waals surface area contributed by atoms with E-state index in [2.05, 4.69) is 26.1 Å². The summed E-state index contributed by atoms with van der Waals surface area (Å²) in [4.78, 5) is 12.2. The quantitative estimate of drug-likeness (QED) is 0.494. The second kappa shape index (κ2) is 5.48. The van der Waals surface area contributed by atoms with E-state index in [-0.39, 0.29) is 11.5 Å². The van der Waals surface area contributed by atoms with Crippen molar-refractivity contribution in [3.8, 4) is 22.9 Å². The summed E-state index contributed by atoms with van der Waals surface area (Å²) >= 11 is 3.40. The van der Waals surface area contributed by atoms with Crippen LogP contribution in [0.4, 0.5) is 0 Å². The van der Waals surface area contributed by atoms with Gasteiger partial charge in [-0.3, -0.25) is 0 Å². The van der Waals surface area contributed by atoms with Gasteiger partial charge >= 0.3 is 5.63 Å². The second-order valence-corrected chi connectivity index (χ2v) is 5.82. The molecule has 0 bridgehead atoms. The smallest absolute Gasteiger partial charge is 0.349 e. The summed E-state index contributed by atoms with van der Waals surface area (Å²) in [5, 5.41) is 8.73. The van der Waals surface area contributed by atoms with Crippen molar-refractivity contribution in [3.63, 3.8) is 0 Å². The number of fused-ring (bicyclic) bond motifs is 1. The van der Waals surface area contributed by atoms with Crippen LogP contribution in [-0.4, -0.2) is 10.2 Å². The monoisotopic (exact) mass is 368 g/mol. The molecule has 0 atom stereocenters. The molecule has 2 aromatic carbocycles. The third kappa shape index (κ3) is 2.57. The first-order valence-electron chi connectivity index (χ1n) is 6.83. The Morgan fingerprint density at radius 3 is 2.48 bits per heavy atom. The Kier molecular flexibility index (Phi) is 3.31. The number of hydrogen-bond acceptors (Lipinski definition) is 5. The second-order valence-electron chi connectivity index (χ2n) is 4.91. The van der Waals surface area contributed by atoms with Gasteiger partial charge in [0.1, 0.15) is 11.1 Å². The van der Waals surface area contributed by atoms with E-state index in [0.717, 1.165) is 15.4 Å². The minimum Gasteiger partial charge on any atom is -0.422 e. The Balaban J connectivity index is 1.85. The van der Waals surface area contributed by atoms with Gasteiger partial charge in [-0.25, -0.2) is 4.79 Å². The molecule has 0 radical (unpaired) electrons. The van der Waals surface area contributed by atoms with E-state index in [1.54, 1.807) is 12.1 Å². The van der Waals surface area contributed by atoms with Crippen molar-refractivity contribution in [2.24, 2.45) is 0 Å². The van der Waals surface area contributed by atoms with Crippen LogP contribution in [0.2, 0.25) is 0 Å². The zero-order valence-electron chi connectivity index (χ0n) is 11.7. The molecule has 0 saturated carbocycles. The summed E-state index contributed by atoms with van der Waals surface area (Å²) < 4.78 is 11.8. The summed E-state index contributed by atoms with van der Waals surface area (Å²) in [5.74, 6) is 0.494. The van der Waals surface area contributed by atoms with Gasteiger partial charge in [0.05, 0.1) is 0 Å². The Morgan fingerprint density at radius 1 is 0.870 bits per heavy atom. The molecule has 0 aliphatic rings. The minimum atomic E-state index is -0.511. The van der Waals surface area contributed by atoms with Crippen LogP contribution in [0.3, 0.4) is 0 Å². The molecule has 6 heteroatoms. The van der Waals surface area contributed by atoms with Gasteiger partial charge in [0.25, 0.3) is 5.89 Å². The van der Waals surface area contributed by atoms with Crippen LogP contribution < -0.4 is 5.63 Å². The number of benzene rings is 2. The van der Waals surface area contributed by atoms with Crippen LogP contribution in [-0.2, 0) is 0 Å². The maximum absolute atomic E-state index is 12.2. The molecule has 4 rings (SSSR count). The standard InChI is InChI=1S/C17H9BrN2O3/c18-12-6-7-14-11(8-12)9-13(17(21)22-14)16-20-19-15(23-16)10-4-2-1-3-5-10/h1-9H. The first-order chi connectivity index (χ1) is 11.2. The topological polar surface area (TPSA) is 69.1 Å². The molecule has 0 aliphatic carbocycles. The van der Waals surface area contributed by atoms with Gasteiger partial charge < -0.3 is 8.83 Å². The summed E-state index contributed by atoms with van der Waals surface area (Å²) in [6.45, 7) is 0. The van der Waals surface area contributed by atoms with Crippen LogP contribution in [0, 0.1) is 0 Å². The van der Waals surface area contributed by atoms with Crippen molar-refractivity contribution in [2.45, 2.75) is 0 Å². The molecule has 0 unspecified atom stereocenters. The van der Waals surface area contributed by atoms with Gasteiger partial charge in [-0.1, -0.05) is 34.1 Å². The third-order valence-corrected chi connectivity index (χ3v) is 3.86. The van der Waals surface area contributed by atoms with Gasteiger partial charge in [-0.15, -0.1) is 10.2 Å². The number of hydrogen-bond donors (Lipinski definition) is 0. The van der Waals surface area contributed by atoms with Crippen molar-refractivity contribution in [2.75, 3.05) is 0 Å². The van der Waals surface area contributed by atoms with E-state index in [0.29, 0.717) is 11.5 Å². The Morgan fingerprint density at radius 2 is 1.65 bits per heavy atom. The van der Waals surface area contributed by atoms with E-state index >= 15 is 0 Å². The van der Waals surface area contributed by atoms with Gasteiger partial charge in [0.15, 0.2) is 0 Å². The fourth-order valence-electron chi connectivity index (χ4n) is 2.27. The first kappa shape index (κ1) is 13.9. The van der Waals surface area contributed by atoms with Crippen molar-refractivity contribution in [1.29, 1.82) is 0 Å². The minimum absolute atomic E-state index is 0.138. The van der Waals surface area contributed by atoms with Crippen molar-refractivity contribution < 1.29 is 8.83 Å². The van der Waals surface area contributed by atoms with Crippen LogP contribution in [0.1, 0.15) is 0 Å². The third-order valence-electron chi connectivity index (χ3n) is 3.37. The SMILES string of the molecule is O=c1oc2ccc(Br)cc2cc1-c1nnc(-c2ccccc2)o1. The molecule has 0 aliphatic heterocycles. The lowest BCUT2D eigenvalue weighted by atomic mass is 10.2. The molecule has 0 spiro atoms. The highest BCUT2D eigenvalue weighted by Crippen LogP contribution is 2.25. The van der Waals surface area contributed by atoms with E-state index in [9.17, 15) is 4.79 Å². The van der Waals surface area contributed by atoms with E-state index < -0.39 is 5.63 Å². The first-order valence-corrected chi connectivity index (χ1v) is 7.63. The van der Waals surface area contributed by atoms with Crippen LogP contribution in [0.15, 0.2) is 72.7 Å². The fraction of sp³-hybridized carbons (Fsp3) is 0. The zero-order valence-corrected chi connectivity index (χ0v) is 13.3. The van der Waals surface area contributed by atoms with Gasteiger partial charge in [0, 0.05) is 15.4 Å². The summed E-state index contributed by atoms with van der Waals surface area (Å²) in [5.41, 5.74) is 1.03. The number of nitrogens with zero attached hydrogens (tertiary/aromatic N) is 2. The molecule has 0 saturated heterocycles. The van der Waals surface area contributed by atoms with Crippen LogP contribution in [0.25, 0.3) is 33.9 Å². The molecule has 2 aromatic heterocycles. The van der Waals surface area contributed by atoms with Crippen molar-refractivity contribution in [3.05, 3.63) is 69.5 Å². The number of aromatic nitrogens is 2. The molecule has 23 heavy (non-hydrogen) atoms. The molecular weight excluding hydrogens is 360 g/mol. The van der Waals surface area contributed by atoms with E-state index in [1.165, 1.54) is 0 Å². The largest absolute Gasteiger partial charge is 0.422 e. The number of halogens is 1. The predicted octanol–water partition coefficient (Wildman–Crippen LogP) is 4.27. The fourth-order valence-corrected chi connectivity index (χ4v) is 2.65. The average molecular weight is 369 g/mol. The van der Waals surface area contributed by atoms with Crippen molar-refractivity contribution in [1.82, 2.24) is 10.2 Å². The van der Waals surface area contributed by atoms with E-state index in [1.807, 2.05) is 42.5 Å². The van der Waals surface area contributed by atoms with Crippen molar-refractivity contribution >= 4 is 26.9 Å². The molecule has 5 nitrogen and oxygen atoms in total. The predicted molar refractivity (Wildman–Crippen MR) is 88.9 cm³/mol. The highest BCUT2D eigenvalue weighted by molar-refractivity contribution is 9.10.